The normalized spacial score (nSPS) is 24.6. The van der Waals surface area contributed by atoms with Gasteiger partial charge >= 0.3 is 0 Å². The Labute approximate surface area is 248 Å². The first-order valence-corrected chi connectivity index (χ1v) is 13.6. The average molecular weight is 588 g/mol. The quantitative estimate of drug-likeness (QED) is 0.260. The van der Waals surface area contributed by atoms with Crippen LogP contribution in [0.15, 0.2) is 47.2 Å². The summed E-state index contributed by atoms with van der Waals surface area (Å²) in [6.45, 7) is 0. The molecular formula is C32H33N3O8. The maximum Gasteiger partial charge on any atom is 0.255 e. The van der Waals surface area contributed by atoms with Crippen molar-refractivity contribution in [1.29, 1.82) is 0 Å². The molecule has 6 N–H and O–H groups in total. The van der Waals surface area contributed by atoms with E-state index in [2.05, 4.69) is 11.8 Å². The van der Waals surface area contributed by atoms with Gasteiger partial charge in [-0.3, -0.25) is 19.3 Å². The van der Waals surface area contributed by atoms with Gasteiger partial charge in [0.15, 0.2) is 11.4 Å². The van der Waals surface area contributed by atoms with E-state index >= 15 is 0 Å². The van der Waals surface area contributed by atoms with Gasteiger partial charge in [-0.15, -0.1) is 0 Å². The zero-order valence-electron chi connectivity index (χ0n) is 24.4. The molecular weight excluding hydrogens is 554 g/mol. The summed E-state index contributed by atoms with van der Waals surface area (Å²) in [5.41, 5.74) is 3.61. The Hall–Kier alpha value is -4.79. The summed E-state index contributed by atoms with van der Waals surface area (Å²) in [6.07, 6.45) is 0.190. The highest BCUT2D eigenvalue weighted by Gasteiger charge is 2.64. The van der Waals surface area contributed by atoms with E-state index < -0.39 is 58.0 Å². The second-order valence-corrected chi connectivity index (χ2v) is 11.5. The number of rotatable bonds is 4. The molecule has 0 aromatic heterocycles. The number of methoxy groups -OCH3 is 1. The van der Waals surface area contributed by atoms with E-state index in [1.807, 2.05) is 0 Å². The third-order valence-electron chi connectivity index (χ3n) is 8.59. The number of primary amides is 1. The fourth-order valence-corrected chi connectivity index (χ4v) is 6.63. The molecule has 5 rings (SSSR count). The maximum atomic E-state index is 14.1. The Morgan fingerprint density at radius 3 is 2.40 bits per heavy atom. The molecule has 4 atom stereocenters. The van der Waals surface area contributed by atoms with Crippen LogP contribution in [0.5, 0.6) is 11.5 Å². The number of amides is 1. The number of phenols is 1. The van der Waals surface area contributed by atoms with Crippen LogP contribution in [-0.2, 0) is 20.8 Å². The third-order valence-corrected chi connectivity index (χ3v) is 8.59. The van der Waals surface area contributed by atoms with Crippen molar-refractivity contribution >= 4 is 28.9 Å². The average Bonchev–Trinajstić information content (AvgIpc) is 2.94. The summed E-state index contributed by atoms with van der Waals surface area (Å²) in [5, 5.41) is 45.9. The summed E-state index contributed by atoms with van der Waals surface area (Å²) in [6, 6.07) is 7.60. The number of carbonyl (C=O) groups excluding carboxylic acids is 3. The molecule has 0 aliphatic heterocycles. The Balaban J connectivity index is 1.71. The van der Waals surface area contributed by atoms with Crippen LogP contribution >= 0.6 is 0 Å². The zero-order chi connectivity index (χ0) is 31.5. The summed E-state index contributed by atoms with van der Waals surface area (Å²) < 4.78 is 5.25. The molecule has 3 aliphatic carbocycles. The highest BCUT2D eigenvalue weighted by molar-refractivity contribution is 6.24. The standard InChI is InChI=1S/C32H33N3O8/c1-34(2)21-14-16(10-9-15-7-6-8-18(11-15)43-5)26(36)23-19(21)12-17-13-20-25(35(3)4)28(38)24(31(33)41)30(40)32(20,42)29(39)22(17)27(23)37/h6-8,11,14,17,20,25,36-37,40,42H,12-13H2,1-5H3,(H2,33,41)/t17-,20-,25-,32-/m1/s1. The van der Waals surface area contributed by atoms with E-state index in [-0.39, 0.29) is 35.3 Å². The van der Waals surface area contributed by atoms with Gasteiger partial charge in [-0.05, 0) is 62.7 Å². The van der Waals surface area contributed by atoms with Crippen molar-refractivity contribution in [1.82, 2.24) is 4.90 Å². The number of fused-ring (bicyclic) bond motifs is 3. The number of carbonyl (C=O) groups is 3. The van der Waals surface area contributed by atoms with Crippen molar-refractivity contribution in [3.63, 3.8) is 0 Å². The molecule has 1 amide bonds. The number of phenolic OH excluding ortho intramolecular Hbond substituents is 1. The van der Waals surface area contributed by atoms with E-state index in [1.165, 1.54) is 12.0 Å². The molecule has 0 spiro atoms. The van der Waals surface area contributed by atoms with Gasteiger partial charge in [-0.1, -0.05) is 17.9 Å². The van der Waals surface area contributed by atoms with Crippen LogP contribution < -0.4 is 15.4 Å². The number of nitrogens with two attached hydrogens (primary N) is 1. The lowest BCUT2D eigenvalue weighted by molar-refractivity contribution is -0.153. The van der Waals surface area contributed by atoms with Gasteiger partial charge in [-0.25, -0.2) is 0 Å². The van der Waals surface area contributed by atoms with Crippen LogP contribution in [0.1, 0.15) is 28.7 Å². The SMILES string of the molecule is COc1cccc(C#Cc2cc(N(C)C)c3c(c2O)C(O)=C2C(=O)[C@@]4(O)C(O)=C(C(N)=O)C(=O)[C@H](N(C)C)[C@H]4C[C@H]2C3)c1. The summed E-state index contributed by atoms with van der Waals surface area (Å²) in [5.74, 6) is -0.480. The highest BCUT2D eigenvalue weighted by atomic mass is 16.5. The molecule has 3 aliphatic rings. The van der Waals surface area contributed by atoms with Crippen LogP contribution in [-0.4, -0.2) is 89.7 Å². The first-order valence-electron chi connectivity index (χ1n) is 13.6. The predicted molar refractivity (Wildman–Crippen MR) is 158 cm³/mol. The number of hydrogen-bond donors (Lipinski definition) is 5. The predicted octanol–water partition coefficient (Wildman–Crippen LogP) is 1.44. The Morgan fingerprint density at radius 2 is 1.79 bits per heavy atom. The molecule has 11 nitrogen and oxygen atoms in total. The minimum absolute atomic E-state index is 0.0107. The fourth-order valence-electron chi connectivity index (χ4n) is 6.63. The number of ether oxygens (including phenoxy) is 1. The molecule has 0 bridgehead atoms. The lowest BCUT2D eigenvalue weighted by Gasteiger charge is -2.50. The molecule has 0 radical (unpaired) electrons. The van der Waals surface area contributed by atoms with Gasteiger partial charge < -0.3 is 35.8 Å². The second-order valence-electron chi connectivity index (χ2n) is 11.5. The monoisotopic (exact) mass is 587 g/mol. The number of nitrogens with zero attached hydrogens (tertiary/aromatic N) is 2. The van der Waals surface area contributed by atoms with Crippen LogP contribution in [0.4, 0.5) is 5.69 Å². The topological polar surface area (TPSA) is 174 Å². The summed E-state index contributed by atoms with van der Waals surface area (Å²) >= 11 is 0. The molecule has 1 fully saturated rings. The van der Waals surface area contributed by atoms with Crippen molar-refractivity contribution in [2.24, 2.45) is 17.6 Å². The largest absolute Gasteiger partial charge is 0.508 e. The lowest BCUT2D eigenvalue weighted by Crippen LogP contribution is -2.65. The molecule has 224 valence electrons. The van der Waals surface area contributed by atoms with E-state index in [9.17, 15) is 34.8 Å². The number of likely N-dealkylation sites (N-methyl/N-ethyl adjacent to an activating group) is 1. The smallest absolute Gasteiger partial charge is 0.255 e. The van der Waals surface area contributed by atoms with E-state index in [4.69, 9.17) is 10.5 Å². The zero-order valence-corrected chi connectivity index (χ0v) is 24.4. The number of ketones is 2. The van der Waals surface area contributed by atoms with Crippen molar-refractivity contribution in [3.05, 3.63) is 69.5 Å². The molecule has 0 unspecified atom stereocenters. The van der Waals surface area contributed by atoms with E-state index in [1.54, 1.807) is 63.4 Å². The van der Waals surface area contributed by atoms with Crippen molar-refractivity contribution in [2.75, 3.05) is 40.2 Å². The number of Topliss-reactive ketones (excluding diaryl/α,β-unsaturated/α-hetero) is 2. The van der Waals surface area contributed by atoms with Crippen molar-refractivity contribution in [3.8, 4) is 23.3 Å². The van der Waals surface area contributed by atoms with Crippen LogP contribution in [0.25, 0.3) is 5.76 Å². The third kappa shape index (κ3) is 4.42. The maximum absolute atomic E-state index is 14.1. The molecule has 2 aromatic rings. The van der Waals surface area contributed by atoms with E-state index in [0.717, 1.165) is 0 Å². The molecule has 11 heteroatoms. The summed E-state index contributed by atoms with van der Waals surface area (Å²) in [7, 11) is 8.25. The van der Waals surface area contributed by atoms with Gasteiger partial charge in [0.05, 0.1) is 24.3 Å². The summed E-state index contributed by atoms with van der Waals surface area (Å²) in [4.78, 5) is 42.8. The molecule has 2 aromatic carbocycles. The fraction of sp³-hybridized carbons (Fsp3) is 0.344. The number of benzene rings is 2. The van der Waals surface area contributed by atoms with Gasteiger partial charge in [0.2, 0.25) is 5.78 Å². The molecule has 1 saturated carbocycles. The van der Waals surface area contributed by atoms with Crippen molar-refractivity contribution < 1.29 is 39.5 Å². The lowest BCUT2D eigenvalue weighted by atomic mass is 9.57. The van der Waals surface area contributed by atoms with Gasteiger partial charge in [0, 0.05) is 36.8 Å². The Bertz CT molecular complexity index is 1710. The number of anilines is 1. The Morgan fingerprint density at radius 1 is 1.09 bits per heavy atom. The van der Waals surface area contributed by atoms with Crippen LogP contribution in [0, 0.1) is 23.7 Å². The highest BCUT2D eigenvalue weighted by Crippen LogP contribution is 2.54. The number of aliphatic hydroxyl groups is 3. The van der Waals surface area contributed by atoms with Crippen molar-refractivity contribution in [2.45, 2.75) is 24.5 Å². The minimum Gasteiger partial charge on any atom is -0.508 e. The van der Waals surface area contributed by atoms with Gasteiger partial charge in [-0.2, -0.15) is 0 Å². The second kappa shape index (κ2) is 10.5. The van der Waals surface area contributed by atoms with Gasteiger partial charge in [0.1, 0.15) is 28.6 Å². The Kier molecular flexibility index (Phi) is 7.24. The first-order chi connectivity index (χ1) is 20.2. The van der Waals surface area contributed by atoms with Gasteiger partial charge in [0.25, 0.3) is 5.91 Å². The molecule has 0 saturated heterocycles. The number of hydrogen-bond acceptors (Lipinski definition) is 10. The molecule has 43 heavy (non-hydrogen) atoms. The van der Waals surface area contributed by atoms with E-state index in [0.29, 0.717) is 22.6 Å². The first kappa shape index (κ1) is 29.7. The minimum atomic E-state index is -2.70. The number of aliphatic hydroxyl groups excluding tert-OH is 2. The van der Waals surface area contributed by atoms with Crippen LogP contribution in [0.3, 0.4) is 0 Å². The molecule has 0 heterocycles. The van der Waals surface area contributed by atoms with Crippen LogP contribution in [0.2, 0.25) is 0 Å². The number of aromatic hydroxyl groups is 1.